The van der Waals surface area contributed by atoms with Crippen LogP contribution in [-0.2, 0) is 4.74 Å². The van der Waals surface area contributed by atoms with Crippen molar-refractivity contribution >= 4 is 5.91 Å². The van der Waals surface area contributed by atoms with Crippen LogP contribution < -0.4 is 10.9 Å². The molecular formula is C11H14N2O3. The monoisotopic (exact) mass is 222 g/mol. The summed E-state index contributed by atoms with van der Waals surface area (Å²) < 4.78 is 4.95. The molecule has 0 unspecified atom stereocenters. The Morgan fingerprint density at radius 1 is 1.50 bits per heavy atom. The Bertz CT molecular complexity index is 475. The van der Waals surface area contributed by atoms with Gasteiger partial charge >= 0.3 is 0 Å². The van der Waals surface area contributed by atoms with E-state index < -0.39 is 0 Å². The molecule has 2 N–H and O–H groups in total. The van der Waals surface area contributed by atoms with Crippen LogP contribution in [0, 0.1) is 13.8 Å². The van der Waals surface area contributed by atoms with E-state index in [0.717, 1.165) is 5.69 Å². The van der Waals surface area contributed by atoms with Gasteiger partial charge in [-0.2, -0.15) is 0 Å². The van der Waals surface area contributed by atoms with E-state index >= 15 is 0 Å². The molecule has 2 rings (SSSR count). The highest BCUT2D eigenvalue weighted by Crippen LogP contribution is 2.06. The van der Waals surface area contributed by atoms with Crippen molar-refractivity contribution in [1.82, 2.24) is 10.3 Å². The second kappa shape index (κ2) is 4.09. The van der Waals surface area contributed by atoms with Crippen LogP contribution in [0.2, 0.25) is 0 Å². The molecule has 0 aliphatic carbocycles. The number of aromatic nitrogens is 1. The van der Waals surface area contributed by atoms with Crippen molar-refractivity contribution in [3.05, 3.63) is 33.2 Å². The van der Waals surface area contributed by atoms with Gasteiger partial charge in [0.15, 0.2) is 0 Å². The molecule has 1 aromatic heterocycles. The molecule has 1 aliphatic heterocycles. The molecule has 5 heteroatoms. The fourth-order valence-corrected chi connectivity index (χ4v) is 1.71. The topological polar surface area (TPSA) is 71.2 Å². The summed E-state index contributed by atoms with van der Waals surface area (Å²) in [6.45, 7) is 4.59. The van der Waals surface area contributed by atoms with Gasteiger partial charge in [0.25, 0.3) is 11.5 Å². The smallest absolute Gasteiger partial charge is 0.261 e. The molecule has 2 heterocycles. The molecule has 0 spiro atoms. The van der Waals surface area contributed by atoms with E-state index in [1.165, 1.54) is 0 Å². The summed E-state index contributed by atoms with van der Waals surface area (Å²) in [7, 11) is 0. The van der Waals surface area contributed by atoms with Crippen molar-refractivity contribution in [3.63, 3.8) is 0 Å². The Labute approximate surface area is 92.8 Å². The molecule has 86 valence electrons. The van der Waals surface area contributed by atoms with Crippen molar-refractivity contribution in [2.75, 3.05) is 13.2 Å². The van der Waals surface area contributed by atoms with Crippen LogP contribution in [0.1, 0.15) is 21.6 Å². The lowest BCUT2D eigenvalue weighted by Crippen LogP contribution is -2.49. The van der Waals surface area contributed by atoms with Gasteiger partial charge in [-0.1, -0.05) is 0 Å². The minimum atomic E-state index is -0.338. The summed E-state index contributed by atoms with van der Waals surface area (Å²) in [4.78, 5) is 26.1. The Morgan fingerprint density at radius 3 is 2.69 bits per heavy atom. The number of pyridine rings is 1. The zero-order valence-electron chi connectivity index (χ0n) is 9.29. The summed E-state index contributed by atoms with van der Waals surface area (Å²) in [5.74, 6) is -0.327. The first kappa shape index (κ1) is 10.9. The van der Waals surface area contributed by atoms with Crippen LogP contribution in [0.25, 0.3) is 0 Å². The molecular weight excluding hydrogens is 208 g/mol. The number of hydrogen-bond donors (Lipinski definition) is 2. The molecule has 1 aliphatic rings. The first-order valence-corrected chi connectivity index (χ1v) is 5.17. The van der Waals surface area contributed by atoms with Crippen molar-refractivity contribution < 1.29 is 9.53 Å². The highest BCUT2D eigenvalue weighted by atomic mass is 16.5. The zero-order chi connectivity index (χ0) is 11.7. The van der Waals surface area contributed by atoms with E-state index in [1.807, 2.05) is 0 Å². The van der Waals surface area contributed by atoms with E-state index in [1.54, 1.807) is 19.9 Å². The molecule has 0 saturated carbocycles. The standard InChI is InChI=1S/C11H14N2O3/c1-6-3-7(2)12-10(14)9(6)11(15)13-8-4-16-5-8/h3,8H,4-5H2,1-2H3,(H,12,14)(H,13,15). The van der Waals surface area contributed by atoms with Gasteiger partial charge in [0.05, 0.1) is 19.3 Å². The number of amides is 1. The Hall–Kier alpha value is -1.62. The number of aromatic amines is 1. The van der Waals surface area contributed by atoms with Gasteiger partial charge in [0.1, 0.15) is 5.56 Å². The molecule has 1 saturated heterocycles. The van der Waals surface area contributed by atoms with Crippen molar-refractivity contribution in [3.8, 4) is 0 Å². The van der Waals surface area contributed by atoms with Crippen LogP contribution in [0.5, 0.6) is 0 Å². The SMILES string of the molecule is Cc1cc(C)c(C(=O)NC2COC2)c(=O)[nH]1. The number of hydrogen-bond acceptors (Lipinski definition) is 3. The lowest BCUT2D eigenvalue weighted by Gasteiger charge is -2.26. The van der Waals surface area contributed by atoms with Gasteiger partial charge in [0.2, 0.25) is 0 Å². The average Bonchev–Trinajstić information content (AvgIpc) is 2.09. The molecule has 1 fully saturated rings. The largest absolute Gasteiger partial charge is 0.377 e. The van der Waals surface area contributed by atoms with E-state index in [4.69, 9.17) is 4.74 Å². The summed E-state index contributed by atoms with van der Waals surface area (Å²) >= 11 is 0. The third kappa shape index (κ3) is 1.99. The average molecular weight is 222 g/mol. The van der Waals surface area contributed by atoms with E-state index in [2.05, 4.69) is 10.3 Å². The van der Waals surface area contributed by atoms with Gasteiger partial charge < -0.3 is 15.0 Å². The minimum absolute atomic E-state index is 0.0348. The first-order valence-electron chi connectivity index (χ1n) is 5.17. The molecule has 0 bridgehead atoms. The minimum Gasteiger partial charge on any atom is -0.377 e. The normalized spacial score (nSPS) is 15.6. The number of carbonyl (C=O) groups excluding carboxylic acids is 1. The number of aryl methyl sites for hydroxylation is 2. The van der Waals surface area contributed by atoms with Crippen LogP contribution in [-0.4, -0.2) is 30.1 Å². The highest BCUT2D eigenvalue weighted by Gasteiger charge is 2.23. The molecule has 0 atom stereocenters. The second-order valence-electron chi connectivity index (χ2n) is 4.05. The summed E-state index contributed by atoms with van der Waals surface area (Å²) in [6.07, 6.45) is 0. The van der Waals surface area contributed by atoms with Crippen molar-refractivity contribution in [2.45, 2.75) is 19.9 Å². The van der Waals surface area contributed by atoms with E-state index in [0.29, 0.717) is 18.8 Å². The fourth-order valence-electron chi connectivity index (χ4n) is 1.71. The van der Waals surface area contributed by atoms with Gasteiger partial charge in [-0.3, -0.25) is 9.59 Å². The predicted molar refractivity (Wildman–Crippen MR) is 58.6 cm³/mol. The van der Waals surface area contributed by atoms with E-state index in [9.17, 15) is 9.59 Å². The Balaban J connectivity index is 2.25. The van der Waals surface area contributed by atoms with Gasteiger partial charge in [-0.25, -0.2) is 0 Å². The van der Waals surface area contributed by atoms with Crippen molar-refractivity contribution in [2.24, 2.45) is 0 Å². The summed E-state index contributed by atoms with van der Waals surface area (Å²) in [6, 6.07) is 1.82. The number of ether oxygens (including phenoxy) is 1. The highest BCUT2D eigenvalue weighted by molar-refractivity contribution is 5.95. The second-order valence-corrected chi connectivity index (χ2v) is 4.05. The lowest BCUT2D eigenvalue weighted by atomic mass is 10.1. The number of H-pyrrole nitrogens is 1. The van der Waals surface area contributed by atoms with Crippen molar-refractivity contribution in [1.29, 1.82) is 0 Å². The molecule has 1 aromatic rings. The quantitative estimate of drug-likeness (QED) is 0.746. The lowest BCUT2D eigenvalue weighted by molar-refractivity contribution is -0.00350. The fraction of sp³-hybridized carbons (Fsp3) is 0.455. The zero-order valence-corrected chi connectivity index (χ0v) is 9.29. The van der Waals surface area contributed by atoms with Gasteiger partial charge in [-0.15, -0.1) is 0 Å². The number of rotatable bonds is 2. The number of nitrogens with one attached hydrogen (secondary N) is 2. The third-order valence-corrected chi connectivity index (χ3v) is 2.57. The van der Waals surface area contributed by atoms with Gasteiger partial charge in [-0.05, 0) is 25.5 Å². The molecule has 5 nitrogen and oxygen atoms in total. The Morgan fingerprint density at radius 2 is 2.19 bits per heavy atom. The van der Waals surface area contributed by atoms with E-state index in [-0.39, 0.29) is 23.1 Å². The maximum absolute atomic E-state index is 11.8. The predicted octanol–water partition coefficient (Wildman–Crippen LogP) is 0.120. The maximum Gasteiger partial charge on any atom is 0.261 e. The summed E-state index contributed by atoms with van der Waals surface area (Å²) in [5.41, 5.74) is 1.30. The Kier molecular flexibility index (Phi) is 2.78. The molecule has 16 heavy (non-hydrogen) atoms. The van der Waals surface area contributed by atoms with Crippen LogP contribution in [0.4, 0.5) is 0 Å². The van der Waals surface area contributed by atoms with Crippen LogP contribution >= 0.6 is 0 Å². The van der Waals surface area contributed by atoms with Gasteiger partial charge in [0, 0.05) is 5.69 Å². The summed E-state index contributed by atoms with van der Waals surface area (Å²) in [5, 5.41) is 2.75. The number of carbonyl (C=O) groups is 1. The van der Waals surface area contributed by atoms with Crippen LogP contribution in [0.3, 0.4) is 0 Å². The van der Waals surface area contributed by atoms with Crippen LogP contribution in [0.15, 0.2) is 10.9 Å². The maximum atomic E-state index is 11.8. The molecule has 0 radical (unpaired) electrons. The molecule has 0 aromatic carbocycles. The molecule has 1 amide bonds. The first-order chi connectivity index (χ1) is 7.58. The third-order valence-electron chi connectivity index (χ3n) is 2.57.